The average molecular weight is 870 g/mol. The maximum atomic E-state index is 12.8. The summed E-state index contributed by atoms with van der Waals surface area (Å²) in [7, 11) is 5.40. The number of hydrogen-bond acceptors (Lipinski definition) is 7. The first-order valence-corrected chi connectivity index (χ1v) is 25.4. The fourth-order valence-corrected chi connectivity index (χ4v) is 7.34. The molecule has 0 heterocycles. The van der Waals surface area contributed by atoms with Gasteiger partial charge in [0, 0.05) is 19.3 Å². The molecule has 0 spiro atoms. The number of quaternary nitrogens is 1. The Morgan fingerprint density at radius 2 is 0.887 bits per heavy atom. The lowest BCUT2D eigenvalue weighted by Crippen LogP contribution is -2.55. The summed E-state index contributed by atoms with van der Waals surface area (Å²) in [5.74, 6) is -1.76. The molecule has 2 atom stereocenters. The number of esters is 2. The highest BCUT2D eigenvalue weighted by Crippen LogP contribution is 2.16. The van der Waals surface area contributed by atoms with Crippen molar-refractivity contribution in [2.75, 3.05) is 41.0 Å². The van der Waals surface area contributed by atoms with Gasteiger partial charge in [0.1, 0.15) is 12.6 Å². The van der Waals surface area contributed by atoms with Gasteiger partial charge >= 0.3 is 11.9 Å². The van der Waals surface area contributed by atoms with Crippen molar-refractivity contribution in [1.29, 1.82) is 0 Å². The number of carbonyl (C=O) groups excluding carboxylic acids is 3. The molecule has 0 aromatic rings. The number of rotatable bonds is 45. The third-order valence-corrected chi connectivity index (χ3v) is 11.3. The smallest absolute Gasteiger partial charge is 0.306 e. The lowest BCUT2D eigenvalue weighted by Gasteiger charge is -2.34. The second-order valence-electron chi connectivity index (χ2n) is 18.2. The molecule has 0 aliphatic carbocycles. The molecule has 0 aliphatic heterocycles. The Bertz CT molecular complexity index is 1200. The van der Waals surface area contributed by atoms with Crippen molar-refractivity contribution in [1.82, 2.24) is 0 Å². The summed E-state index contributed by atoms with van der Waals surface area (Å²) in [6, 6.07) is -0.733. The van der Waals surface area contributed by atoms with Crippen LogP contribution in [0.4, 0.5) is 0 Å². The normalized spacial score (nSPS) is 13.4. The van der Waals surface area contributed by atoms with Gasteiger partial charge in [-0.3, -0.25) is 9.59 Å². The topological polar surface area (TPSA) is 102 Å². The van der Waals surface area contributed by atoms with Gasteiger partial charge in [-0.05, 0) is 32.1 Å². The zero-order valence-electron chi connectivity index (χ0n) is 40.8. The summed E-state index contributed by atoms with van der Waals surface area (Å²) < 4.78 is 17.2. The Balaban J connectivity index is 4.29. The van der Waals surface area contributed by atoms with Crippen LogP contribution in [-0.4, -0.2) is 75.5 Å². The van der Waals surface area contributed by atoms with Crippen LogP contribution >= 0.6 is 0 Å². The standard InChI is InChI=1S/C54H95NO7/c1-6-8-10-12-14-16-18-20-22-24-26-27-29-30-32-34-36-38-40-42-44-52(56)61-49-50(48-60-47-46-51(54(58)59)55(3,4)5)62-53(57)45-43-41-39-37-35-33-31-28-25-23-21-19-17-15-13-11-9-7-2/h11,13,15,17,19,21,23,25,28,31,50-51H,6-10,12,14,16,18,20,22,24,26-27,29-30,32-49H2,1-5H3/b13-11+,17-15+,21-19+,25-23+,31-28+. The summed E-state index contributed by atoms with van der Waals surface area (Å²) in [6.45, 7) is 4.57. The number of unbranched alkanes of at least 4 members (excludes halogenated alkanes) is 25. The minimum atomic E-state index is -1.13. The minimum absolute atomic E-state index is 0.0298. The number of hydrogen-bond donors (Lipinski definition) is 0. The lowest BCUT2D eigenvalue weighted by atomic mass is 10.0. The first-order chi connectivity index (χ1) is 30.1. The van der Waals surface area contributed by atoms with Gasteiger partial charge in [-0.15, -0.1) is 0 Å². The molecule has 0 aromatic heterocycles. The molecule has 0 rings (SSSR count). The Morgan fingerprint density at radius 1 is 0.484 bits per heavy atom. The van der Waals surface area contributed by atoms with Gasteiger partial charge < -0.3 is 28.6 Å². The van der Waals surface area contributed by atoms with Gasteiger partial charge in [0.25, 0.3) is 0 Å². The highest BCUT2D eigenvalue weighted by Gasteiger charge is 2.25. The Kier molecular flexibility index (Phi) is 42.5. The molecule has 0 amide bonds. The summed E-state index contributed by atoms with van der Waals surface area (Å²) in [5, 5.41) is 11.7. The molecule has 0 saturated heterocycles. The summed E-state index contributed by atoms with van der Waals surface area (Å²) >= 11 is 0. The van der Waals surface area contributed by atoms with Gasteiger partial charge in [-0.25, -0.2) is 0 Å². The van der Waals surface area contributed by atoms with Crippen LogP contribution in [0.25, 0.3) is 0 Å². The number of aliphatic carboxylic acids is 1. The van der Waals surface area contributed by atoms with E-state index in [9.17, 15) is 19.5 Å². The molecule has 8 heteroatoms. The Hall–Kier alpha value is -2.97. The molecule has 8 nitrogen and oxygen atoms in total. The van der Waals surface area contributed by atoms with E-state index in [0.717, 1.165) is 64.2 Å². The predicted octanol–water partition coefficient (Wildman–Crippen LogP) is 13.2. The zero-order chi connectivity index (χ0) is 45.6. The van der Waals surface area contributed by atoms with E-state index < -0.39 is 18.1 Å². The van der Waals surface area contributed by atoms with Gasteiger partial charge in [-0.2, -0.15) is 0 Å². The fourth-order valence-electron chi connectivity index (χ4n) is 7.34. The van der Waals surface area contributed by atoms with Gasteiger partial charge in [0.2, 0.25) is 0 Å². The van der Waals surface area contributed by atoms with Crippen LogP contribution in [0.5, 0.6) is 0 Å². The molecule has 0 aliphatic rings. The minimum Gasteiger partial charge on any atom is -0.544 e. The Morgan fingerprint density at radius 3 is 1.32 bits per heavy atom. The van der Waals surface area contributed by atoms with E-state index in [1.807, 2.05) is 36.5 Å². The second kappa shape index (κ2) is 44.6. The Labute approximate surface area is 381 Å². The number of carboxylic acids is 1. The number of carbonyl (C=O) groups is 3. The van der Waals surface area contributed by atoms with Crippen molar-refractivity contribution in [3.05, 3.63) is 60.8 Å². The fraction of sp³-hybridized carbons (Fsp3) is 0.759. The van der Waals surface area contributed by atoms with Crippen LogP contribution in [0.15, 0.2) is 60.8 Å². The first-order valence-electron chi connectivity index (χ1n) is 25.4. The largest absolute Gasteiger partial charge is 0.544 e. The molecule has 0 radical (unpaired) electrons. The SMILES string of the molecule is CCC/C=C/C=C/C=C/C=C/C=C/CCCCCCCC(=O)OC(COCCC(C(=O)[O-])[N+](C)(C)C)COC(=O)CCCCCCCCCCCCCCCCCCCCCC. The number of likely N-dealkylation sites (N-methyl/N-ethyl adjacent to an activating group) is 1. The summed E-state index contributed by atoms with van der Waals surface area (Å²) in [6.07, 6.45) is 55.3. The molecular weight excluding hydrogens is 775 g/mol. The first kappa shape index (κ1) is 59.0. The van der Waals surface area contributed by atoms with Gasteiger partial charge in [0.05, 0.1) is 40.3 Å². The average Bonchev–Trinajstić information content (AvgIpc) is 3.23. The third kappa shape index (κ3) is 42.3. The molecule has 0 aromatic carbocycles. The molecule has 358 valence electrons. The number of nitrogens with zero attached hydrogens (tertiary/aromatic N) is 1. The lowest BCUT2D eigenvalue weighted by molar-refractivity contribution is -0.889. The summed E-state index contributed by atoms with van der Waals surface area (Å²) in [4.78, 5) is 37.0. The van der Waals surface area contributed by atoms with Crippen LogP contribution in [0.2, 0.25) is 0 Å². The van der Waals surface area contributed by atoms with Gasteiger partial charge in [-0.1, -0.05) is 222 Å². The predicted molar refractivity (Wildman–Crippen MR) is 259 cm³/mol. The van der Waals surface area contributed by atoms with E-state index in [0.29, 0.717) is 12.8 Å². The highest BCUT2D eigenvalue weighted by molar-refractivity contribution is 5.70. The summed E-state index contributed by atoms with van der Waals surface area (Å²) in [5.41, 5.74) is 0. The molecule has 0 fully saturated rings. The van der Waals surface area contributed by atoms with E-state index in [-0.39, 0.29) is 42.7 Å². The maximum absolute atomic E-state index is 12.8. The van der Waals surface area contributed by atoms with Crippen LogP contribution in [0.1, 0.15) is 213 Å². The molecule has 0 bridgehead atoms. The monoisotopic (exact) mass is 870 g/mol. The molecule has 62 heavy (non-hydrogen) atoms. The molecule has 0 N–H and O–H groups in total. The number of carboxylic acid groups (broad SMARTS) is 1. The second-order valence-corrected chi connectivity index (χ2v) is 18.2. The van der Waals surface area contributed by atoms with Crippen molar-refractivity contribution in [3.8, 4) is 0 Å². The quantitative estimate of drug-likeness (QED) is 0.0260. The van der Waals surface area contributed by atoms with Crippen LogP contribution < -0.4 is 5.11 Å². The van der Waals surface area contributed by atoms with Crippen LogP contribution in [0.3, 0.4) is 0 Å². The van der Waals surface area contributed by atoms with Crippen molar-refractivity contribution in [3.63, 3.8) is 0 Å². The van der Waals surface area contributed by atoms with Gasteiger partial charge in [0.15, 0.2) is 6.10 Å². The van der Waals surface area contributed by atoms with Crippen molar-refractivity contribution in [2.24, 2.45) is 0 Å². The number of ether oxygens (including phenoxy) is 3. The van der Waals surface area contributed by atoms with E-state index in [2.05, 4.69) is 38.2 Å². The van der Waals surface area contributed by atoms with E-state index in [4.69, 9.17) is 14.2 Å². The number of allylic oxidation sites excluding steroid dienone is 10. The van der Waals surface area contributed by atoms with Crippen LogP contribution in [0, 0.1) is 0 Å². The molecule has 2 unspecified atom stereocenters. The maximum Gasteiger partial charge on any atom is 0.306 e. The molecule has 0 saturated carbocycles. The van der Waals surface area contributed by atoms with Crippen LogP contribution in [-0.2, 0) is 28.6 Å². The molecular formula is C54H95NO7. The third-order valence-electron chi connectivity index (χ3n) is 11.3. The highest BCUT2D eigenvalue weighted by atomic mass is 16.6. The van der Waals surface area contributed by atoms with Crippen molar-refractivity contribution in [2.45, 2.75) is 225 Å². The van der Waals surface area contributed by atoms with Crippen molar-refractivity contribution >= 4 is 17.9 Å². The van der Waals surface area contributed by atoms with Crippen molar-refractivity contribution < 1.29 is 38.2 Å². The van der Waals surface area contributed by atoms with E-state index in [1.165, 1.54) is 116 Å². The van der Waals surface area contributed by atoms with E-state index in [1.54, 1.807) is 21.1 Å². The van der Waals surface area contributed by atoms with E-state index >= 15 is 0 Å². The zero-order valence-corrected chi connectivity index (χ0v) is 40.8.